The van der Waals surface area contributed by atoms with E-state index in [1.54, 1.807) is 12.1 Å². The van der Waals surface area contributed by atoms with Crippen molar-refractivity contribution in [1.82, 2.24) is 0 Å². The van der Waals surface area contributed by atoms with E-state index < -0.39 is 30.1 Å². The molecule has 1 aliphatic heterocycles. The number of ketones is 1. The van der Waals surface area contributed by atoms with E-state index >= 15 is 0 Å². The molecule has 9 nitrogen and oxygen atoms in total. The van der Waals surface area contributed by atoms with Crippen molar-refractivity contribution >= 4 is 52.7 Å². The lowest BCUT2D eigenvalue weighted by Gasteiger charge is -2.18. The maximum absolute atomic E-state index is 12.1. The molecule has 0 saturated carbocycles. The molecule has 2 aromatic rings. The number of amides is 3. The fourth-order valence-electron chi connectivity index (χ4n) is 2.93. The Morgan fingerprint density at radius 2 is 1.97 bits per heavy atom. The third-order valence-electron chi connectivity index (χ3n) is 4.36. The molecule has 0 atom stereocenters. The molecule has 0 aliphatic carbocycles. The second-order valence-corrected chi connectivity index (χ2v) is 7.80. The van der Waals surface area contributed by atoms with E-state index in [0.29, 0.717) is 16.7 Å². The largest absolute Gasteiger partial charge is 0.483 e. The molecule has 1 fully saturated rings. The molecule has 0 radical (unpaired) electrons. The van der Waals surface area contributed by atoms with Crippen LogP contribution in [0.5, 0.6) is 5.75 Å². The highest BCUT2D eigenvalue weighted by Crippen LogP contribution is 2.35. The predicted octanol–water partition coefficient (Wildman–Crippen LogP) is 1.33. The molecule has 2 aromatic carbocycles. The average molecular weight is 459 g/mol. The van der Waals surface area contributed by atoms with E-state index in [1.807, 2.05) is 6.07 Å². The first-order valence-corrected chi connectivity index (χ1v) is 10.1. The Balaban J connectivity index is 2.03. The number of anilines is 1. The highest BCUT2D eigenvalue weighted by Gasteiger charge is 2.33. The summed E-state index contributed by atoms with van der Waals surface area (Å²) in [4.78, 5) is 46.8. The maximum Gasteiger partial charge on any atom is 0.305 e. The molecule has 4 N–H and O–H groups in total. The number of nitrogens with zero attached hydrogens (tertiary/aromatic N) is 2. The Kier molecular flexibility index (Phi) is 6.48. The Morgan fingerprint density at radius 3 is 2.55 bits per heavy atom. The van der Waals surface area contributed by atoms with Crippen molar-refractivity contribution in [3.05, 3.63) is 57.6 Å². The number of halogens is 1. The zero-order valence-corrected chi connectivity index (χ0v) is 17.5. The van der Waals surface area contributed by atoms with Crippen LogP contribution in [0, 0.1) is 11.3 Å². The number of hydrogen-bond donors (Lipinski definition) is 2. The molecule has 3 amide bonds. The van der Waals surface area contributed by atoms with Crippen LogP contribution >= 0.6 is 23.5 Å². The van der Waals surface area contributed by atoms with Gasteiger partial charge in [-0.15, -0.1) is 0 Å². The summed E-state index contributed by atoms with van der Waals surface area (Å²) in [6.45, 7) is -0.403. The van der Waals surface area contributed by atoms with Gasteiger partial charge in [-0.05, 0) is 47.3 Å². The summed E-state index contributed by atoms with van der Waals surface area (Å²) in [5, 5.41) is 9.26. The van der Waals surface area contributed by atoms with Gasteiger partial charge < -0.3 is 16.2 Å². The number of nitrogens with two attached hydrogens (primary N) is 2. The molecule has 0 bridgehead atoms. The van der Waals surface area contributed by atoms with E-state index in [9.17, 15) is 19.2 Å². The van der Waals surface area contributed by atoms with Gasteiger partial charge in [0.05, 0.1) is 23.1 Å². The summed E-state index contributed by atoms with van der Waals surface area (Å²) in [5.41, 5.74) is 12.2. The number of ether oxygens (including phenoxy) is 1. The lowest BCUT2D eigenvalue weighted by atomic mass is 9.97. The first kappa shape index (κ1) is 22.1. The van der Waals surface area contributed by atoms with Gasteiger partial charge in [-0.1, -0.05) is 17.7 Å². The van der Waals surface area contributed by atoms with Crippen LogP contribution in [0.4, 0.5) is 5.69 Å². The maximum atomic E-state index is 12.1. The number of rotatable bonds is 7. The Hall–Kier alpha value is -3.55. The summed E-state index contributed by atoms with van der Waals surface area (Å²) in [6, 6.07) is 9.40. The quantitative estimate of drug-likeness (QED) is 0.468. The van der Waals surface area contributed by atoms with E-state index in [2.05, 4.69) is 0 Å². The molecule has 3 rings (SSSR count). The van der Waals surface area contributed by atoms with E-state index in [0.717, 1.165) is 16.3 Å². The molecule has 158 valence electrons. The molecule has 0 spiro atoms. The van der Waals surface area contributed by atoms with Crippen molar-refractivity contribution in [3.8, 4) is 11.8 Å². The minimum Gasteiger partial charge on any atom is -0.483 e. The van der Waals surface area contributed by atoms with Crippen LogP contribution in [0.2, 0.25) is 5.02 Å². The molecule has 0 unspecified atom stereocenters. The minimum absolute atomic E-state index is 0.00406. The van der Waals surface area contributed by atoms with Crippen LogP contribution in [0.3, 0.4) is 0 Å². The number of carbonyl (C=O) groups is 4. The van der Waals surface area contributed by atoms with Gasteiger partial charge in [-0.3, -0.25) is 19.2 Å². The lowest BCUT2D eigenvalue weighted by Crippen LogP contribution is -2.24. The molecule has 31 heavy (non-hydrogen) atoms. The lowest BCUT2D eigenvalue weighted by molar-refractivity contribution is -0.133. The molecule has 1 aliphatic rings. The fraction of sp³-hybridized carbons (Fsp3) is 0.150. The number of hydrogen-bond acceptors (Lipinski definition) is 7. The number of carbonyl (C=O) groups excluding carboxylic acids is 4. The topological polar surface area (TPSA) is 157 Å². The van der Waals surface area contributed by atoms with Gasteiger partial charge >= 0.3 is 5.91 Å². The van der Waals surface area contributed by atoms with Crippen LogP contribution in [0.15, 0.2) is 30.3 Å². The monoisotopic (exact) mass is 458 g/mol. The van der Waals surface area contributed by atoms with E-state index in [4.69, 9.17) is 33.1 Å². The Labute approximate surface area is 186 Å². The molecule has 1 heterocycles. The SMILES string of the molecule is N#Cc1ccc(Cc2c(Cl)cc(N3SCC(=O)C3=O)cc2C(N)=O)c(OCC(N)=O)c1. The summed E-state index contributed by atoms with van der Waals surface area (Å²) < 4.78 is 6.57. The van der Waals surface area contributed by atoms with Crippen LogP contribution in [0.1, 0.15) is 27.0 Å². The third-order valence-corrected chi connectivity index (χ3v) is 5.72. The average Bonchev–Trinajstić information content (AvgIpc) is 3.06. The zero-order chi connectivity index (χ0) is 22.7. The van der Waals surface area contributed by atoms with Crippen LogP contribution < -0.4 is 20.5 Å². The summed E-state index contributed by atoms with van der Waals surface area (Å²) in [7, 11) is 0. The number of benzene rings is 2. The number of primary amides is 2. The molecular weight excluding hydrogens is 444 g/mol. The van der Waals surface area contributed by atoms with Crippen molar-refractivity contribution in [3.63, 3.8) is 0 Å². The van der Waals surface area contributed by atoms with Crippen molar-refractivity contribution < 1.29 is 23.9 Å². The Bertz CT molecular complexity index is 1160. The molecular formula is C20H15ClN4O5S. The number of nitriles is 1. The highest BCUT2D eigenvalue weighted by molar-refractivity contribution is 8.03. The standard InChI is InChI=1S/C20H15ClN4O5S/c21-15-6-12(25-20(29)16(26)9-31-25)5-14(19(24)28)13(15)4-11-2-1-10(7-22)3-17(11)30-8-18(23)27/h1-3,5-6H,4,8-9H2,(H2,23,27)(H2,24,28). The van der Waals surface area contributed by atoms with Gasteiger partial charge in [0, 0.05) is 17.0 Å². The summed E-state index contributed by atoms with van der Waals surface area (Å²) >= 11 is 7.42. The third kappa shape index (κ3) is 4.79. The van der Waals surface area contributed by atoms with Gasteiger partial charge in [0.25, 0.3) is 5.91 Å². The van der Waals surface area contributed by atoms with Gasteiger partial charge in [0.15, 0.2) is 6.61 Å². The van der Waals surface area contributed by atoms with Crippen molar-refractivity contribution in [2.75, 3.05) is 16.7 Å². The van der Waals surface area contributed by atoms with Crippen molar-refractivity contribution in [2.24, 2.45) is 11.5 Å². The van der Waals surface area contributed by atoms with Crippen LogP contribution in [0.25, 0.3) is 0 Å². The number of Topliss-reactive ketones (excluding diaryl/α,β-unsaturated/α-hetero) is 1. The Morgan fingerprint density at radius 1 is 1.23 bits per heavy atom. The zero-order valence-electron chi connectivity index (χ0n) is 15.9. The van der Waals surface area contributed by atoms with E-state index in [1.165, 1.54) is 18.2 Å². The fourth-order valence-corrected chi connectivity index (χ4v) is 4.06. The van der Waals surface area contributed by atoms with Crippen LogP contribution in [-0.4, -0.2) is 35.9 Å². The van der Waals surface area contributed by atoms with Gasteiger partial charge in [-0.2, -0.15) is 5.26 Å². The minimum atomic E-state index is -0.782. The van der Waals surface area contributed by atoms with Crippen molar-refractivity contribution in [2.45, 2.75) is 6.42 Å². The predicted molar refractivity (Wildman–Crippen MR) is 114 cm³/mol. The van der Waals surface area contributed by atoms with Crippen molar-refractivity contribution in [1.29, 1.82) is 5.26 Å². The first-order valence-electron chi connectivity index (χ1n) is 8.77. The summed E-state index contributed by atoms with van der Waals surface area (Å²) in [6.07, 6.45) is 0.0806. The summed E-state index contributed by atoms with van der Waals surface area (Å²) in [5.74, 6) is -2.52. The highest BCUT2D eigenvalue weighted by atomic mass is 35.5. The normalized spacial score (nSPS) is 13.2. The smallest absolute Gasteiger partial charge is 0.305 e. The first-order chi connectivity index (χ1) is 14.7. The second kappa shape index (κ2) is 9.07. The molecule has 11 heteroatoms. The molecule has 1 saturated heterocycles. The van der Waals surface area contributed by atoms with Crippen LogP contribution in [-0.2, 0) is 20.8 Å². The second-order valence-electron chi connectivity index (χ2n) is 6.48. The van der Waals surface area contributed by atoms with E-state index in [-0.39, 0.29) is 34.2 Å². The van der Waals surface area contributed by atoms with Gasteiger partial charge in [0.1, 0.15) is 5.75 Å². The molecule has 0 aromatic heterocycles. The van der Waals surface area contributed by atoms with Gasteiger partial charge in [0.2, 0.25) is 11.7 Å². The van der Waals surface area contributed by atoms with Gasteiger partial charge in [-0.25, -0.2) is 4.31 Å².